The number of sulfonamides is 1. The van der Waals surface area contributed by atoms with Crippen molar-refractivity contribution in [3.05, 3.63) is 22.3 Å². The van der Waals surface area contributed by atoms with Crippen molar-refractivity contribution in [2.45, 2.75) is 77.2 Å². The molecule has 0 radical (unpaired) electrons. The van der Waals surface area contributed by atoms with Crippen molar-refractivity contribution < 1.29 is 18.0 Å². The monoisotopic (exact) mass is 427 g/mol. The zero-order chi connectivity index (χ0) is 21.8. The van der Waals surface area contributed by atoms with Gasteiger partial charge in [-0.25, -0.2) is 8.42 Å². The molecular formula is C21H37N3O4S. The maximum atomic E-state index is 13.6. The minimum absolute atomic E-state index is 0.253. The molecule has 0 aliphatic carbocycles. The fourth-order valence-corrected chi connectivity index (χ4v) is 5.56. The Bertz CT molecular complexity index is 812. The van der Waals surface area contributed by atoms with Gasteiger partial charge in [0, 0.05) is 6.54 Å². The van der Waals surface area contributed by atoms with E-state index in [0.29, 0.717) is 36.4 Å². The number of hydrogen-bond donors (Lipinski definition) is 2. The van der Waals surface area contributed by atoms with Crippen molar-refractivity contribution in [1.82, 2.24) is 4.47 Å². The first-order valence-corrected chi connectivity index (χ1v) is 11.9. The van der Waals surface area contributed by atoms with E-state index in [4.69, 9.17) is 21.0 Å². The van der Waals surface area contributed by atoms with E-state index < -0.39 is 10.0 Å². The van der Waals surface area contributed by atoms with E-state index in [1.807, 2.05) is 20.8 Å². The molecule has 0 spiro atoms. The predicted molar refractivity (Wildman–Crippen MR) is 115 cm³/mol. The van der Waals surface area contributed by atoms with Gasteiger partial charge < -0.3 is 16.2 Å². The van der Waals surface area contributed by atoms with Crippen LogP contribution in [0.15, 0.2) is 4.90 Å². The van der Waals surface area contributed by atoms with Crippen molar-refractivity contribution in [1.29, 1.82) is 0 Å². The molecule has 0 aromatic heterocycles. The van der Waals surface area contributed by atoms with Crippen molar-refractivity contribution in [3.63, 3.8) is 0 Å². The Hall–Kier alpha value is -1.19. The van der Waals surface area contributed by atoms with E-state index in [2.05, 4.69) is 13.8 Å². The molecule has 1 aromatic rings. The summed E-state index contributed by atoms with van der Waals surface area (Å²) in [5, 5.41) is 0. The summed E-state index contributed by atoms with van der Waals surface area (Å²) in [4.78, 5) is 6.00. The number of hydroxylamine groups is 1. The summed E-state index contributed by atoms with van der Waals surface area (Å²) < 4.78 is 34.6. The van der Waals surface area contributed by atoms with Gasteiger partial charge in [0.2, 0.25) is 0 Å². The van der Waals surface area contributed by atoms with E-state index in [1.165, 1.54) is 0 Å². The SMILES string of the molecule is Cc1c(C)c(S(=O)(=O)N(CCCCN)OCCCN)c(C)c2c1OC(C)(C)CC2. The van der Waals surface area contributed by atoms with E-state index in [1.54, 1.807) is 0 Å². The Morgan fingerprint density at radius 2 is 1.69 bits per heavy atom. The summed E-state index contributed by atoms with van der Waals surface area (Å²) in [6.07, 6.45) is 3.59. The topological polar surface area (TPSA) is 108 Å². The molecule has 0 atom stereocenters. The second kappa shape index (κ2) is 9.75. The lowest BCUT2D eigenvalue weighted by Crippen LogP contribution is -2.36. The molecule has 0 saturated heterocycles. The van der Waals surface area contributed by atoms with Gasteiger partial charge in [0.15, 0.2) is 0 Å². The van der Waals surface area contributed by atoms with Crippen LogP contribution < -0.4 is 16.2 Å². The summed E-state index contributed by atoms with van der Waals surface area (Å²) in [5.74, 6) is 0.828. The van der Waals surface area contributed by atoms with Crippen LogP contribution in [0.1, 0.15) is 61.8 Å². The maximum Gasteiger partial charge on any atom is 0.265 e. The predicted octanol–water partition coefficient (Wildman–Crippen LogP) is 2.73. The number of rotatable bonds is 10. The highest BCUT2D eigenvalue weighted by atomic mass is 32.2. The first-order chi connectivity index (χ1) is 13.6. The standard InChI is InChI=1S/C21H37N3O4S/c1-15-16(2)20(17(3)18-9-10-21(4,5)28-19(15)18)29(25,26)24(13-7-6-11-22)27-14-8-12-23/h6-14,22-23H2,1-5H3. The Labute approximate surface area is 175 Å². The molecular weight excluding hydrogens is 390 g/mol. The second-order valence-electron chi connectivity index (χ2n) is 8.38. The van der Waals surface area contributed by atoms with Crippen LogP contribution in [0.3, 0.4) is 0 Å². The van der Waals surface area contributed by atoms with Crippen LogP contribution >= 0.6 is 0 Å². The quantitative estimate of drug-likeness (QED) is 0.439. The highest BCUT2D eigenvalue weighted by Gasteiger charge is 2.36. The van der Waals surface area contributed by atoms with E-state index in [9.17, 15) is 8.42 Å². The zero-order valence-electron chi connectivity index (χ0n) is 18.5. The molecule has 166 valence electrons. The molecule has 7 nitrogen and oxygen atoms in total. The molecule has 29 heavy (non-hydrogen) atoms. The third kappa shape index (κ3) is 5.30. The summed E-state index contributed by atoms with van der Waals surface area (Å²) >= 11 is 0. The number of nitrogens with two attached hydrogens (primary N) is 2. The molecule has 4 N–H and O–H groups in total. The lowest BCUT2D eigenvalue weighted by Gasteiger charge is -2.36. The van der Waals surface area contributed by atoms with Crippen LogP contribution in [0.4, 0.5) is 0 Å². The van der Waals surface area contributed by atoms with Gasteiger partial charge in [-0.05, 0) is 102 Å². The van der Waals surface area contributed by atoms with Crippen LogP contribution in [0.5, 0.6) is 5.75 Å². The van der Waals surface area contributed by atoms with Crippen LogP contribution in [0.2, 0.25) is 0 Å². The van der Waals surface area contributed by atoms with Crippen molar-refractivity contribution in [3.8, 4) is 5.75 Å². The van der Waals surface area contributed by atoms with Gasteiger partial charge in [0.1, 0.15) is 11.4 Å². The molecule has 0 unspecified atom stereocenters. The van der Waals surface area contributed by atoms with Gasteiger partial charge in [-0.3, -0.25) is 4.84 Å². The first kappa shape index (κ1) is 24.1. The summed E-state index contributed by atoms with van der Waals surface area (Å²) in [5.41, 5.74) is 14.2. The van der Waals surface area contributed by atoms with Crippen LogP contribution in [-0.2, 0) is 21.3 Å². The number of benzene rings is 1. The minimum atomic E-state index is -3.83. The summed E-state index contributed by atoms with van der Waals surface area (Å²) in [6, 6.07) is 0. The Morgan fingerprint density at radius 1 is 1.03 bits per heavy atom. The van der Waals surface area contributed by atoms with Gasteiger partial charge in [0.25, 0.3) is 10.0 Å². The number of ether oxygens (including phenoxy) is 1. The van der Waals surface area contributed by atoms with Crippen LogP contribution in [-0.4, -0.2) is 44.7 Å². The van der Waals surface area contributed by atoms with Crippen LogP contribution in [0.25, 0.3) is 0 Å². The Kier molecular flexibility index (Phi) is 8.09. The number of unbranched alkanes of at least 4 members (excludes halogenated alkanes) is 1. The van der Waals surface area contributed by atoms with Gasteiger partial charge >= 0.3 is 0 Å². The van der Waals surface area contributed by atoms with Gasteiger partial charge in [-0.15, -0.1) is 0 Å². The lowest BCUT2D eigenvalue weighted by atomic mass is 9.88. The average Bonchev–Trinajstić information content (AvgIpc) is 2.64. The third-order valence-corrected chi connectivity index (χ3v) is 7.52. The molecule has 1 aliphatic heterocycles. The van der Waals surface area contributed by atoms with Crippen LogP contribution in [0, 0.1) is 20.8 Å². The summed E-state index contributed by atoms with van der Waals surface area (Å²) in [7, 11) is -3.83. The fourth-order valence-electron chi connectivity index (χ4n) is 3.73. The fraction of sp³-hybridized carbons (Fsp3) is 0.714. The molecule has 1 aromatic carbocycles. The van der Waals surface area contributed by atoms with E-state index >= 15 is 0 Å². The number of fused-ring (bicyclic) bond motifs is 1. The smallest absolute Gasteiger partial charge is 0.265 e. The van der Waals surface area contributed by atoms with Crippen molar-refractivity contribution >= 4 is 10.0 Å². The van der Waals surface area contributed by atoms with Gasteiger partial charge in [-0.1, -0.05) is 4.47 Å². The molecule has 0 fully saturated rings. The van der Waals surface area contributed by atoms with Crippen molar-refractivity contribution in [2.24, 2.45) is 11.5 Å². The number of nitrogens with zero attached hydrogens (tertiary/aromatic N) is 1. The molecule has 0 bridgehead atoms. The molecule has 2 rings (SSSR count). The summed E-state index contributed by atoms with van der Waals surface area (Å²) in [6.45, 7) is 11.3. The number of hydrogen-bond acceptors (Lipinski definition) is 6. The normalized spacial score (nSPS) is 16.0. The van der Waals surface area contributed by atoms with Gasteiger partial charge in [0.05, 0.1) is 11.5 Å². The second-order valence-corrected chi connectivity index (χ2v) is 10.1. The minimum Gasteiger partial charge on any atom is -0.487 e. The Morgan fingerprint density at radius 3 is 2.31 bits per heavy atom. The zero-order valence-corrected chi connectivity index (χ0v) is 19.3. The highest BCUT2D eigenvalue weighted by molar-refractivity contribution is 7.89. The Balaban J connectivity index is 2.50. The average molecular weight is 428 g/mol. The maximum absolute atomic E-state index is 13.6. The lowest BCUT2D eigenvalue weighted by molar-refractivity contribution is -0.0852. The molecule has 1 aliphatic rings. The van der Waals surface area contributed by atoms with Gasteiger partial charge in [-0.2, -0.15) is 0 Å². The first-order valence-electron chi connectivity index (χ1n) is 10.4. The third-order valence-electron chi connectivity index (χ3n) is 5.57. The van der Waals surface area contributed by atoms with E-state index in [-0.39, 0.29) is 18.8 Å². The molecule has 8 heteroatoms. The highest BCUT2D eigenvalue weighted by Crippen LogP contribution is 2.42. The van der Waals surface area contributed by atoms with E-state index in [0.717, 1.165) is 46.2 Å². The molecule has 0 amide bonds. The molecule has 1 heterocycles. The molecule has 0 saturated carbocycles. The largest absolute Gasteiger partial charge is 0.487 e. The van der Waals surface area contributed by atoms with Crippen molar-refractivity contribution in [2.75, 3.05) is 26.2 Å².